The van der Waals surface area contributed by atoms with Crippen molar-refractivity contribution >= 4 is 10.0 Å². The molecule has 118 valence electrons. The molecule has 1 aromatic rings. The molecule has 2 fully saturated rings. The third kappa shape index (κ3) is 3.14. The summed E-state index contributed by atoms with van der Waals surface area (Å²) in [5, 5.41) is 10.5. The van der Waals surface area contributed by atoms with Gasteiger partial charge >= 0.3 is 0 Å². The molecular formula is C14H24N4O2S. The van der Waals surface area contributed by atoms with Crippen LogP contribution < -0.4 is 5.32 Å². The highest BCUT2D eigenvalue weighted by molar-refractivity contribution is 7.89. The summed E-state index contributed by atoms with van der Waals surface area (Å²) < 4.78 is 27.3. The molecule has 1 unspecified atom stereocenters. The summed E-state index contributed by atoms with van der Waals surface area (Å²) in [6.07, 6.45) is 4.40. The predicted molar refractivity (Wildman–Crippen MR) is 80.3 cm³/mol. The Labute approximate surface area is 126 Å². The zero-order chi connectivity index (χ0) is 15.0. The number of sulfonamides is 1. The van der Waals surface area contributed by atoms with Crippen LogP contribution >= 0.6 is 0 Å². The molecule has 0 aromatic carbocycles. The smallest absolute Gasteiger partial charge is 0.262 e. The maximum Gasteiger partial charge on any atom is 0.262 e. The van der Waals surface area contributed by atoms with Crippen molar-refractivity contribution in [3.63, 3.8) is 0 Å². The topological polar surface area (TPSA) is 78.1 Å². The maximum absolute atomic E-state index is 12.8. The fourth-order valence-corrected chi connectivity index (χ4v) is 4.63. The van der Waals surface area contributed by atoms with Gasteiger partial charge in [0.25, 0.3) is 10.0 Å². The van der Waals surface area contributed by atoms with Gasteiger partial charge in [0.05, 0.1) is 0 Å². The number of nitrogens with one attached hydrogen (secondary N) is 2. The number of aromatic amines is 1. The first-order valence-electron chi connectivity index (χ1n) is 7.76. The molecule has 0 bridgehead atoms. The Morgan fingerprint density at radius 2 is 2.14 bits per heavy atom. The van der Waals surface area contributed by atoms with Crippen molar-refractivity contribution in [3.8, 4) is 0 Å². The molecule has 1 saturated carbocycles. The minimum absolute atomic E-state index is 0.210. The van der Waals surface area contributed by atoms with Gasteiger partial charge in [0.2, 0.25) is 0 Å². The molecule has 7 heteroatoms. The monoisotopic (exact) mass is 312 g/mol. The van der Waals surface area contributed by atoms with Gasteiger partial charge in [-0.15, -0.1) is 0 Å². The number of hydrogen-bond donors (Lipinski definition) is 2. The first kappa shape index (κ1) is 15.0. The number of hydrogen-bond acceptors (Lipinski definition) is 4. The molecule has 1 aliphatic heterocycles. The van der Waals surface area contributed by atoms with Crippen LogP contribution in [0.5, 0.6) is 0 Å². The van der Waals surface area contributed by atoms with Crippen LogP contribution in [0.15, 0.2) is 5.03 Å². The highest BCUT2D eigenvalue weighted by atomic mass is 32.2. The van der Waals surface area contributed by atoms with E-state index >= 15 is 0 Å². The molecule has 6 nitrogen and oxygen atoms in total. The molecule has 1 saturated heterocycles. The summed E-state index contributed by atoms with van der Waals surface area (Å²) in [7, 11) is -3.48. The van der Waals surface area contributed by atoms with E-state index in [1.165, 1.54) is 12.8 Å². The lowest BCUT2D eigenvalue weighted by Crippen LogP contribution is -2.39. The Bertz CT molecular complexity index is 606. The average molecular weight is 312 g/mol. The minimum Gasteiger partial charge on any atom is -0.310 e. The molecule has 21 heavy (non-hydrogen) atoms. The van der Waals surface area contributed by atoms with Gasteiger partial charge in [0, 0.05) is 36.9 Å². The summed E-state index contributed by atoms with van der Waals surface area (Å²) in [6, 6.07) is 0.546. The highest BCUT2D eigenvalue weighted by Gasteiger charge is 2.33. The average Bonchev–Trinajstić information content (AvgIpc) is 3.19. The molecule has 0 radical (unpaired) electrons. The van der Waals surface area contributed by atoms with Crippen LogP contribution in [0.25, 0.3) is 0 Å². The van der Waals surface area contributed by atoms with Gasteiger partial charge in [-0.1, -0.05) is 6.92 Å². The van der Waals surface area contributed by atoms with Crippen molar-refractivity contribution in [2.24, 2.45) is 5.92 Å². The van der Waals surface area contributed by atoms with E-state index in [-0.39, 0.29) is 5.03 Å². The zero-order valence-corrected chi connectivity index (χ0v) is 13.5. The predicted octanol–water partition coefficient (Wildman–Crippen LogP) is 1.39. The Kier molecular flexibility index (Phi) is 4.07. The Hall–Kier alpha value is -0.920. The summed E-state index contributed by atoms with van der Waals surface area (Å²) in [6.45, 7) is 5.77. The van der Waals surface area contributed by atoms with Crippen molar-refractivity contribution in [1.29, 1.82) is 0 Å². The second-order valence-electron chi connectivity index (χ2n) is 6.40. The van der Waals surface area contributed by atoms with Crippen molar-refractivity contribution in [2.45, 2.75) is 57.1 Å². The molecule has 1 aromatic heterocycles. The van der Waals surface area contributed by atoms with Crippen LogP contribution in [0.2, 0.25) is 0 Å². The van der Waals surface area contributed by atoms with Crippen LogP contribution in [-0.2, 0) is 16.6 Å². The Balaban J connectivity index is 1.83. The SMILES string of the molecule is Cc1[nH]nc(S(=O)(=O)N2CCCC(C)C2)c1CNC1CC1. The summed E-state index contributed by atoms with van der Waals surface area (Å²) >= 11 is 0. The summed E-state index contributed by atoms with van der Waals surface area (Å²) in [5.74, 6) is 0.418. The lowest BCUT2D eigenvalue weighted by molar-refractivity contribution is 0.280. The van der Waals surface area contributed by atoms with Crippen LogP contribution in [0.4, 0.5) is 0 Å². The molecule has 1 atom stereocenters. The molecular weight excluding hydrogens is 288 g/mol. The summed E-state index contributed by atoms with van der Waals surface area (Å²) in [4.78, 5) is 0. The molecule has 2 aliphatic rings. The van der Waals surface area contributed by atoms with E-state index in [9.17, 15) is 8.42 Å². The van der Waals surface area contributed by atoms with Crippen LogP contribution in [-0.4, -0.2) is 42.1 Å². The van der Waals surface area contributed by atoms with Crippen molar-refractivity contribution in [2.75, 3.05) is 13.1 Å². The fraction of sp³-hybridized carbons (Fsp3) is 0.786. The summed E-state index contributed by atoms with van der Waals surface area (Å²) in [5.41, 5.74) is 1.63. The van der Waals surface area contributed by atoms with E-state index in [4.69, 9.17) is 0 Å². The van der Waals surface area contributed by atoms with E-state index in [1.807, 2.05) is 6.92 Å². The minimum atomic E-state index is -3.48. The molecule has 2 N–H and O–H groups in total. The number of nitrogens with zero attached hydrogens (tertiary/aromatic N) is 2. The van der Waals surface area contributed by atoms with E-state index in [0.717, 1.165) is 24.1 Å². The third-order valence-electron chi connectivity index (χ3n) is 4.38. The number of piperidine rings is 1. The van der Waals surface area contributed by atoms with Gasteiger partial charge in [-0.25, -0.2) is 8.42 Å². The highest BCUT2D eigenvalue weighted by Crippen LogP contribution is 2.26. The van der Waals surface area contributed by atoms with E-state index in [2.05, 4.69) is 22.4 Å². The van der Waals surface area contributed by atoms with Crippen molar-refractivity contribution in [3.05, 3.63) is 11.3 Å². The van der Waals surface area contributed by atoms with Gasteiger partial charge in [-0.05, 0) is 38.5 Å². The second-order valence-corrected chi connectivity index (χ2v) is 8.25. The maximum atomic E-state index is 12.8. The molecule has 1 aliphatic carbocycles. The lowest BCUT2D eigenvalue weighted by Gasteiger charge is -2.29. The van der Waals surface area contributed by atoms with E-state index in [1.54, 1.807) is 4.31 Å². The first-order chi connectivity index (χ1) is 9.98. The number of rotatable bonds is 5. The van der Waals surface area contributed by atoms with Crippen LogP contribution in [0.3, 0.4) is 0 Å². The normalized spacial score (nSPS) is 24.4. The number of H-pyrrole nitrogens is 1. The first-order valence-corrected chi connectivity index (χ1v) is 9.20. The standard InChI is InChI=1S/C14H24N4O2S/c1-10-4-3-7-18(9-10)21(19,20)14-13(11(2)16-17-14)8-15-12-5-6-12/h10,12,15H,3-9H2,1-2H3,(H,16,17). The van der Waals surface area contributed by atoms with Gasteiger partial charge < -0.3 is 5.32 Å². The van der Waals surface area contributed by atoms with Crippen molar-refractivity contribution < 1.29 is 8.42 Å². The number of aromatic nitrogens is 2. The quantitative estimate of drug-likeness (QED) is 0.861. The second kappa shape index (κ2) is 5.70. The Morgan fingerprint density at radius 3 is 2.81 bits per heavy atom. The van der Waals surface area contributed by atoms with E-state index < -0.39 is 10.0 Å². The van der Waals surface area contributed by atoms with Gasteiger partial charge in [-0.3, -0.25) is 5.10 Å². The van der Waals surface area contributed by atoms with E-state index in [0.29, 0.717) is 31.6 Å². The number of aryl methyl sites for hydroxylation is 1. The third-order valence-corrected chi connectivity index (χ3v) is 6.22. The largest absolute Gasteiger partial charge is 0.310 e. The molecule has 2 heterocycles. The van der Waals surface area contributed by atoms with Crippen LogP contribution in [0.1, 0.15) is 43.9 Å². The molecule has 0 spiro atoms. The van der Waals surface area contributed by atoms with Crippen molar-refractivity contribution in [1.82, 2.24) is 19.8 Å². The van der Waals surface area contributed by atoms with Gasteiger partial charge in [0.1, 0.15) is 0 Å². The van der Waals surface area contributed by atoms with Crippen LogP contribution in [0, 0.1) is 12.8 Å². The van der Waals surface area contributed by atoms with Gasteiger partial charge in [-0.2, -0.15) is 9.40 Å². The zero-order valence-electron chi connectivity index (χ0n) is 12.7. The molecule has 0 amide bonds. The Morgan fingerprint density at radius 1 is 1.38 bits per heavy atom. The lowest BCUT2D eigenvalue weighted by atomic mass is 10.0. The molecule has 3 rings (SSSR count). The van der Waals surface area contributed by atoms with Gasteiger partial charge in [0.15, 0.2) is 5.03 Å². The fourth-order valence-electron chi connectivity index (χ4n) is 2.87.